The molecule has 0 fully saturated rings. The third-order valence-corrected chi connectivity index (χ3v) is 1.68. The molecule has 3 heteroatoms. The van der Waals surface area contributed by atoms with Gasteiger partial charge in [0.1, 0.15) is 0 Å². The third-order valence-electron chi connectivity index (χ3n) is 1.68. The summed E-state index contributed by atoms with van der Waals surface area (Å²) in [7, 11) is 0. The number of amides is 1. The Labute approximate surface area is 78.2 Å². The number of nitrogens with one attached hydrogen (secondary N) is 1. The first kappa shape index (κ1) is 9.71. The molecule has 0 saturated heterocycles. The van der Waals surface area contributed by atoms with E-state index in [1.54, 1.807) is 18.5 Å². The lowest BCUT2D eigenvalue weighted by Gasteiger charge is -2.09. The van der Waals surface area contributed by atoms with Gasteiger partial charge in [-0.3, -0.25) is 9.78 Å². The summed E-state index contributed by atoms with van der Waals surface area (Å²) in [6.45, 7) is 5.76. The van der Waals surface area contributed by atoms with Crippen molar-refractivity contribution in [1.82, 2.24) is 10.3 Å². The zero-order valence-electron chi connectivity index (χ0n) is 8.16. The van der Waals surface area contributed by atoms with Gasteiger partial charge in [0.15, 0.2) is 0 Å². The molecule has 0 aromatic carbocycles. The van der Waals surface area contributed by atoms with E-state index in [1.807, 2.05) is 20.8 Å². The predicted octanol–water partition coefficient (Wildman–Crippen LogP) is 1.53. The molecule has 0 atom stereocenters. The number of hydrogen-bond acceptors (Lipinski definition) is 2. The number of nitrogens with zero attached hydrogens (tertiary/aromatic N) is 1. The van der Waals surface area contributed by atoms with Gasteiger partial charge in [0.25, 0.3) is 5.91 Å². The van der Waals surface area contributed by atoms with E-state index in [2.05, 4.69) is 10.3 Å². The van der Waals surface area contributed by atoms with Gasteiger partial charge in [0.05, 0.1) is 0 Å². The minimum atomic E-state index is -0.0325. The van der Waals surface area contributed by atoms with Crippen molar-refractivity contribution in [3.05, 3.63) is 29.6 Å². The fourth-order valence-corrected chi connectivity index (χ4v) is 1.07. The molecule has 1 aromatic rings. The summed E-state index contributed by atoms with van der Waals surface area (Å²) in [4.78, 5) is 15.5. The van der Waals surface area contributed by atoms with Crippen LogP contribution in [0.3, 0.4) is 0 Å². The summed E-state index contributed by atoms with van der Waals surface area (Å²) in [5.74, 6) is -0.0325. The predicted molar refractivity (Wildman–Crippen MR) is 51.6 cm³/mol. The van der Waals surface area contributed by atoms with E-state index in [0.717, 1.165) is 5.56 Å². The van der Waals surface area contributed by atoms with Gasteiger partial charge in [0.2, 0.25) is 0 Å². The Morgan fingerprint density at radius 2 is 2.23 bits per heavy atom. The molecule has 0 aliphatic carbocycles. The molecule has 1 N–H and O–H groups in total. The van der Waals surface area contributed by atoms with E-state index in [1.165, 1.54) is 0 Å². The number of hydrogen-bond donors (Lipinski definition) is 1. The van der Waals surface area contributed by atoms with Gasteiger partial charge in [0, 0.05) is 24.0 Å². The van der Waals surface area contributed by atoms with Crippen LogP contribution in [0, 0.1) is 6.92 Å². The summed E-state index contributed by atoms with van der Waals surface area (Å²) in [6.07, 6.45) is 3.32. The Kier molecular flexibility index (Phi) is 3.01. The summed E-state index contributed by atoms with van der Waals surface area (Å²) < 4.78 is 0. The molecule has 0 spiro atoms. The lowest BCUT2D eigenvalue weighted by Crippen LogP contribution is -2.30. The molecule has 1 aromatic heterocycles. The highest BCUT2D eigenvalue weighted by Crippen LogP contribution is 2.04. The quantitative estimate of drug-likeness (QED) is 0.746. The number of pyridine rings is 1. The molecule has 13 heavy (non-hydrogen) atoms. The van der Waals surface area contributed by atoms with Gasteiger partial charge in [-0.05, 0) is 32.4 Å². The molecular formula is C10H14N2O. The maximum Gasteiger partial charge on any atom is 0.251 e. The van der Waals surface area contributed by atoms with Crippen LogP contribution in [0.2, 0.25) is 0 Å². The molecular weight excluding hydrogens is 164 g/mol. The summed E-state index contributed by atoms with van der Waals surface area (Å²) in [5.41, 5.74) is 1.60. The van der Waals surface area contributed by atoms with Gasteiger partial charge in [-0.1, -0.05) is 0 Å². The molecule has 3 nitrogen and oxygen atoms in total. The van der Waals surface area contributed by atoms with E-state index in [9.17, 15) is 4.79 Å². The van der Waals surface area contributed by atoms with Crippen LogP contribution >= 0.6 is 0 Å². The highest BCUT2D eigenvalue weighted by Gasteiger charge is 2.08. The van der Waals surface area contributed by atoms with Crippen LogP contribution in [0.25, 0.3) is 0 Å². The molecule has 0 aliphatic rings. The topological polar surface area (TPSA) is 42.0 Å². The standard InChI is InChI=1S/C10H14N2O/c1-7(2)12-10(13)9-4-5-11-6-8(9)3/h4-7H,1-3H3,(H,12,13). The van der Waals surface area contributed by atoms with E-state index < -0.39 is 0 Å². The van der Waals surface area contributed by atoms with Gasteiger partial charge in [-0.15, -0.1) is 0 Å². The first-order chi connectivity index (χ1) is 6.11. The second kappa shape index (κ2) is 4.03. The Hall–Kier alpha value is -1.38. The van der Waals surface area contributed by atoms with Crippen molar-refractivity contribution in [2.24, 2.45) is 0 Å². The second-order valence-electron chi connectivity index (χ2n) is 3.32. The van der Waals surface area contributed by atoms with Crippen molar-refractivity contribution < 1.29 is 4.79 Å². The van der Waals surface area contributed by atoms with Crippen LogP contribution < -0.4 is 5.32 Å². The van der Waals surface area contributed by atoms with Crippen molar-refractivity contribution in [3.8, 4) is 0 Å². The normalized spacial score (nSPS) is 10.2. The Morgan fingerprint density at radius 3 is 2.77 bits per heavy atom. The van der Waals surface area contributed by atoms with Gasteiger partial charge < -0.3 is 5.32 Å². The molecule has 1 amide bonds. The molecule has 0 bridgehead atoms. The van der Waals surface area contributed by atoms with Crippen LogP contribution in [0.4, 0.5) is 0 Å². The number of aromatic nitrogens is 1. The van der Waals surface area contributed by atoms with Crippen molar-refractivity contribution in [2.75, 3.05) is 0 Å². The lowest BCUT2D eigenvalue weighted by molar-refractivity contribution is 0.0942. The molecule has 0 saturated carbocycles. The average Bonchev–Trinajstić information content (AvgIpc) is 2.03. The van der Waals surface area contributed by atoms with Crippen molar-refractivity contribution in [2.45, 2.75) is 26.8 Å². The highest BCUT2D eigenvalue weighted by atomic mass is 16.1. The average molecular weight is 178 g/mol. The van der Waals surface area contributed by atoms with Crippen LogP contribution in [-0.2, 0) is 0 Å². The molecule has 0 radical (unpaired) electrons. The fourth-order valence-electron chi connectivity index (χ4n) is 1.07. The fraction of sp³-hybridized carbons (Fsp3) is 0.400. The van der Waals surface area contributed by atoms with Gasteiger partial charge in [-0.25, -0.2) is 0 Å². The first-order valence-electron chi connectivity index (χ1n) is 4.32. The number of rotatable bonds is 2. The van der Waals surface area contributed by atoms with Crippen molar-refractivity contribution in [1.29, 1.82) is 0 Å². The molecule has 0 aliphatic heterocycles. The number of carbonyl (C=O) groups is 1. The monoisotopic (exact) mass is 178 g/mol. The van der Waals surface area contributed by atoms with E-state index >= 15 is 0 Å². The maximum atomic E-state index is 11.5. The Balaban J connectivity index is 2.83. The van der Waals surface area contributed by atoms with Crippen molar-refractivity contribution >= 4 is 5.91 Å². The molecule has 0 unspecified atom stereocenters. The minimum absolute atomic E-state index is 0.0325. The SMILES string of the molecule is Cc1cnccc1C(=O)NC(C)C. The summed E-state index contributed by atoms with van der Waals surface area (Å²) in [5, 5.41) is 2.83. The smallest absolute Gasteiger partial charge is 0.251 e. The molecule has 1 heterocycles. The van der Waals surface area contributed by atoms with E-state index in [-0.39, 0.29) is 11.9 Å². The summed E-state index contributed by atoms with van der Waals surface area (Å²) in [6, 6.07) is 1.90. The van der Waals surface area contributed by atoms with Crippen molar-refractivity contribution in [3.63, 3.8) is 0 Å². The molecule has 1 rings (SSSR count). The largest absolute Gasteiger partial charge is 0.350 e. The highest BCUT2D eigenvalue weighted by molar-refractivity contribution is 5.95. The minimum Gasteiger partial charge on any atom is -0.350 e. The number of aryl methyl sites for hydroxylation is 1. The van der Waals surface area contributed by atoms with Crippen LogP contribution in [0.1, 0.15) is 29.8 Å². The van der Waals surface area contributed by atoms with Crippen LogP contribution in [0.15, 0.2) is 18.5 Å². The second-order valence-corrected chi connectivity index (χ2v) is 3.32. The zero-order valence-corrected chi connectivity index (χ0v) is 8.16. The van der Waals surface area contributed by atoms with E-state index in [4.69, 9.17) is 0 Å². The van der Waals surface area contributed by atoms with Gasteiger partial charge >= 0.3 is 0 Å². The lowest BCUT2D eigenvalue weighted by atomic mass is 10.1. The maximum absolute atomic E-state index is 11.5. The van der Waals surface area contributed by atoms with Crippen LogP contribution in [-0.4, -0.2) is 16.9 Å². The first-order valence-corrected chi connectivity index (χ1v) is 4.32. The van der Waals surface area contributed by atoms with E-state index in [0.29, 0.717) is 5.56 Å². The van der Waals surface area contributed by atoms with Crippen LogP contribution in [0.5, 0.6) is 0 Å². The Morgan fingerprint density at radius 1 is 1.54 bits per heavy atom. The zero-order chi connectivity index (χ0) is 9.84. The summed E-state index contributed by atoms with van der Waals surface area (Å²) >= 11 is 0. The third kappa shape index (κ3) is 2.54. The number of carbonyl (C=O) groups excluding carboxylic acids is 1. The Bertz CT molecular complexity index is 308. The molecule has 70 valence electrons. The van der Waals surface area contributed by atoms with Gasteiger partial charge in [-0.2, -0.15) is 0 Å².